The molecule has 2 aromatic rings. The molecule has 102 valence electrons. The summed E-state index contributed by atoms with van der Waals surface area (Å²) in [5, 5.41) is 11.5. The standard InChI is InChI=1S/C11H16N6OS/c1-2-19(18)6-5-17-11(14-15-16-17)9-4-3-8(12)7-10(9)13/h3-4,7H,2,5-6,12-13H2,1H3. The summed E-state index contributed by atoms with van der Waals surface area (Å²) in [5.74, 6) is 1.70. The van der Waals surface area contributed by atoms with Crippen LogP contribution in [0.15, 0.2) is 18.2 Å². The third-order valence-electron chi connectivity index (χ3n) is 2.70. The second-order valence-corrected chi connectivity index (χ2v) is 5.87. The Labute approximate surface area is 113 Å². The zero-order chi connectivity index (χ0) is 13.8. The number of nitrogens with two attached hydrogens (primary N) is 2. The van der Waals surface area contributed by atoms with Crippen molar-refractivity contribution in [1.82, 2.24) is 20.2 Å². The van der Waals surface area contributed by atoms with Crippen molar-refractivity contribution in [3.63, 3.8) is 0 Å². The molecule has 1 aromatic carbocycles. The number of tetrazole rings is 1. The molecule has 0 spiro atoms. The summed E-state index contributed by atoms with van der Waals surface area (Å²) in [6.45, 7) is 2.38. The van der Waals surface area contributed by atoms with E-state index in [1.807, 2.05) is 6.92 Å². The van der Waals surface area contributed by atoms with Crippen LogP contribution in [0.5, 0.6) is 0 Å². The molecule has 0 aliphatic heterocycles. The zero-order valence-corrected chi connectivity index (χ0v) is 11.4. The first-order valence-corrected chi connectivity index (χ1v) is 7.37. The fourth-order valence-corrected chi connectivity index (χ4v) is 2.33. The lowest BCUT2D eigenvalue weighted by atomic mass is 10.1. The van der Waals surface area contributed by atoms with Crippen LogP contribution in [0.3, 0.4) is 0 Å². The first-order chi connectivity index (χ1) is 9.11. The molecule has 1 atom stereocenters. The number of hydrogen-bond donors (Lipinski definition) is 2. The number of nitrogen functional groups attached to an aromatic ring is 2. The van der Waals surface area contributed by atoms with Gasteiger partial charge in [0.05, 0.1) is 6.54 Å². The Bertz CT molecular complexity index is 597. The molecule has 0 radical (unpaired) electrons. The van der Waals surface area contributed by atoms with Crippen LogP contribution in [0.4, 0.5) is 11.4 Å². The molecule has 0 aliphatic carbocycles. The largest absolute Gasteiger partial charge is 0.399 e. The molecule has 4 N–H and O–H groups in total. The average Bonchev–Trinajstić information content (AvgIpc) is 2.84. The Kier molecular flexibility index (Phi) is 4.10. The second-order valence-electron chi connectivity index (χ2n) is 4.00. The molecule has 0 saturated carbocycles. The van der Waals surface area contributed by atoms with Gasteiger partial charge in [0.25, 0.3) is 0 Å². The van der Waals surface area contributed by atoms with E-state index in [4.69, 9.17) is 11.5 Å². The van der Waals surface area contributed by atoms with Crippen LogP contribution in [0.25, 0.3) is 11.4 Å². The van der Waals surface area contributed by atoms with Crippen molar-refractivity contribution >= 4 is 22.2 Å². The number of anilines is 2. The lowest BCUT2D eigenvalue weighted by Crippen LogP contribution is -2.12. The Morgan fingerprint density at radius 3 is 2.84 bits per heavy atom. The molecule has 7 nitrogen and oxygen atoms in total. The number of aryl methyl sites for hydroxylation is 1. The molecule has 0 saturated heterocycles. The SMILES string of the molecule is CCS(=O)CCn1nnnc1-c1ccc(N)cc1N. The Hall–Kier alpha value is -1.96. The van der Waals surface area contributed by atoms with E-state index in [9.17, 15) is 4.21 Å². The number of rotatable bonds is 5. The second kappa shape index (κ2) is 5.79. The molecule has 1 heterocycles. The molecule has 1 aromatic heterocycles. The lowest BCUT2D eigenvalue weighted by Gasteiger charge is -2.07. The van der Waals surface area contributed by atoms with E-state index in [0.717, 1.165) is 5.56 Å². The van der Waals surface area contributed by atoms with Gasteiger partial charge in [0.1, 0.15) is 0 Å². The zero-order valence-electron chi connectivity index (χ0n) is 10.6. The normalized spacial score (nSPS) is 12.5. The summed E-state index contributed by atoms with van der Waals surface area (Å²) in [5.41, 5.74) is 13.4. The van der Waals surface area contributed by atoms with Gasteiger partial charge in [-0.3, -0.25) is 4.21 Å². The van der Waals surface area contributed by atoms with Crippen LogP contribution in [0.2, 0.25) is 0 Å². The maximum Gasteiger partial charge on any atom is 0.184 e. The number of aromatic nitrogens is 4. The van der Waals surface area contributed by atoms with Gasteiger partial charge in [-0.1, -0.05) is 6.92 Å². The first kappa shape index (κ1) is 13.5. The van der Waals surface area contributed by atoms with Crippen molar-refractivity contribution in [2.24, 2.45) is 0 Å². The predicted molar refractivity (Wildman–Crippen MR) is 75.6 cm³/mol. The van der Waals surface area contributed by atoms with Crippen LogP contribution in [-0.2, 0) is 17.3 Å². The summed E-state index contributed by atoms with van der Waals surface area (Å²) >= 11 is 0. The van der Waals surface area contributed by atoms with Gasteiger partial charge < -0.3 is 11.5 Å². The minimum Gasteiger partial charge on any atom is -0.399 e. The summed E-state index contributed by atoms with van der Waals surface area (Å²) in [7, 11) is -0.853. The van der Waals surface area contributed by atoms with Crippen LogP contribution < -0.4 is 11.5 Å². The van der Waals surface area contributed by atoms with Crippen molar-refractivity contribution in [2.75, 3.05) is 23.0 Å². The topological polar surface area (TPSA) is 113 Å². The van der Waals surface area contributed by atoms with Crippen LogP contribution in [-0.4, -0.2) is 35.9 Å². The monoisotopic (exact) mass is 280 g/mol. The molecule has 2 rings (SSSR count). The molecule has 19 heavy (non-hydrogen) atoms. The fraction of sp³-hybridized carbons (Fsp3) is 0.364. The van der Waals surface area contributed by atoms with E-state index in [0.29, 0.717) is 35.2 Å². The van der Waals surface area contributed by atoms with Crippen LogP contribution in [0, 0.1) is 0 Å². The highest BCUT2D eigenvalue weighted by Gasteiger charge is 2.12. The quantitative estimate of drug-likeness (QED) is 0.760. The van der Waals surface area contributed by atoms with Crippen LogP contribution in [0.1, 0.15) is 6.92 Å². The number of nitrogens with zero attached hydrogens (tertiary/aromatic N) is 4. The number of hydrogen-bond acceptors (Lipinski definition) is 6. The van der Waals surface area contributed by atoms with Crippen molar-refractivity contribution < 1.29 is 4.21 Å². The lowest BCUT2D eigenvalue weighted by molar-refractivity contribution is 0.624. The molecule has 0 bridgehead atoms. The number of benzene rings is 1. The van der Waals surface area contributed by atoms with Gasteiger partial charge in [-0.15, -0.1) is 5.10 Å². The molecular formula is C11H16N6OS. The highest BCUT2D eigenvalue weighted by atomic mass is 32.2. The summed E-state index contributed by atoms with van der Waals surface area (Å²) in [4.78, 5) is 0. The third-order valence-corrected chi connectivity index (χ3v) is 3.98. The predicted octanol–water partition coefficient (Wildman–Crippen LogP) is 0.273. The van der Waals surface area contributed by atoms with E-state index in [-0.39, 0.29) is 0 Å². The van der Waals surface area contributed by atoms with E-state index in [1.165, 1.54) is 0 Å². The van der Waals surface area contributed by atoms with Crippen molar-refractivity contribution in [3.8, 4) is 11.4 Å². The highest BCUT2D eigenvalue weighted by Crippen LogP contribution is 2.25. The maximum atomic E-state index is 11.5. The Morgan fingerprint density at radius 1 is 1.37 bits per heavy atom. The van der Waals surface area contributed by atoms with Crippen molar-refractivity contribution in [2.45, 2.75) is 13.5 Å². The van der Waals surface area contributed by atoms with Gasteiger partial charge in [0.15, 0.2) is 5.82 Å². The van der Waals surface area contributed by atoms with Gasteiger partial charge in [0.2, 0.25) is 0 Å². The first-order valence-electron chi connectivity index (χ1n) is 5.88. The van der Waals surface area contributed by atoms with Gasteiger partial charge in [-0.05, 0) is 28.6 Å². The van der Waals surface area contributed by atoms with E-state index >= 15 is 0 Å². The fourth-order valence-electron chi connectivity index (χ4n) is 1.67. The van der Waals surface area contributed by atoms with Crippen molar-refractivity contribution in [1.29, 1.82) is 0 Å². The summed E-state index contributed by atoms with van der Waals surface area (Å²) in [6.07, 6.45) is 0. The van der Waals surface area contributed by atoms with Gasteiger partial charge in [-0.2, -0.15) is 0 Å². The molecule has 1 unspecified atom stereocenters. The molecule has 8 heteroatoms. The highest BCUT2D eigenvalue weighted by molar-refractivity contribution is 7.84. The summed E-state index contributed by atoms with van der Waals surface area (Å²) in [6, 6.07) is 5.19. The Balaban J connectivity index is 2.26. The van der Waals surface area contributed by atoms with E-state index in [1.54, 1.807) is 22.9 Å². The minimum atomic E-state index is -0.853. The molecular weight excluding hydrogens is 264 g/mol. The van der Waals surface area contributed by atoms with Gasteiger partial charge in [0, 0.05) is 39.2 Å². The van der Waals surface area contributed by atoms with Crippen LogP contribution >= 0.6 is 0 Å². The van der Waals surface area contributed by atoms with E-state index < -0.39 is 10.8 Å². The smallest absolute Gasteiger partial charge is 0.184 e. The van der Waals surface area contributed by atoms with E-state index in [2.05, 4.69) is 15.5 Å². The van der Waals surface area contributed by atoms with Gasteiger partial charge >= 0.3 is 0 Å². The maximum absolute atomic E-state index is 11.5. The van der Waals surface area contributed by atoms with Gasteiger partial charge in [-0.25, -0.2) is 4.68 Å². The minimum absolute atomic E-state index is 0.493. The average molecular weight is 280 g/mol. The molecule has 0 aliphatic rings. The molecule has 0 amide bonds. The molecule has 0 fully saturated rings. The third kappa shape index (κ3) is 3.08. The Morgan fingerprint density at radius 2 is 2.16 bits per heavy atom. The van der Waals surface area contributed by atoms with Crippen molar-refractivity contribution in [3.05, 3.63) is 18.2 Å². The summed E-state index contributed by atoms with van der Waals surface area (Å²) < 4.78 is 13.1.